The van der Waals surface area contributed by atoms with Gasteiger partial charge in [-0.3, -0.25) is 4.79 Å². The number of rotatable bonds is 9. The van der Waals surface area contributed by atoms with Gasteiger partial charge in [0.25, 0.3) is 15.9 Å². The summed E-state index contributed by atoms with van der Waals surface area (Å²) in [6, 6.07) is 11.2. The van der Waals surface area contributed by atoms with Crippen LogP contribution in [0.4, 0.5) is 10.2 Å². The number of pyridine rings is 2. The minimum Gasteiger partial charge on any atom is -0.493 e. The van der Waals surface area contributed by atoms with Crippen molar-refractivity contribution in [3.8, 4) is 22.9 Å². The van der Waals surface area contributed by atoms with Crippen LogP contribution in [-0.4, -0.2) is 37.0 Å². The molecule has 0 atom stereocenters. The number of benzene rings is 1. The summed E-state index contributed by atoms with van der Waals surface area (Å²) >= 11 is 0. The number of nitrogen functional groups attached to an aromatic ring is 1. The third-order valence-electron chi connectivity index (χ3n) is 5.68. The maximum Gasteiger partial charge on any atom is 0.281 e. The maximum atomic E-state index is 14.4. The van der Waals surface area contributed by atoms with Gasteiger partial charge in [-0.15, -0.1) is 0 Å². The number of ether oxygens (including phenoxy) is 2. The average Bonchev–Trinajstić information content (AvgIpc) is 3.35. The molecular formula is C26H29FN4O5S. The molecule has 0 bridgehead atoms. The molecule has 4 rings (SSSR count). The molecule has 0 spiro atoms. The number of nitrogens with one attached hydrogen (secondary N) is 1. The molecule has 196 valence electrons. The number of carbonyl (C=O) groups excluding carboxylic acids is 1. The maximum absolute atomic E-state index is 14.4. The second kappa shape index (κ2) is 11.1. The van der Waals surface area contributed by atoms with Crippen LogP contribution in [0.15, 0.2) is 53.6 Å². The first-order valence-electron chi connectivity index (χ1n) is 12.0. The monoisotopic (exact) mass is 528 g/mol. The molecule has 1 aromatic carbocycles. The highest BCUT2D eigenvalue weighted by molar-refractivity contribution is 7.90. The lowest BCUT2D eigenvalue weighted by Crippen LogP contribution is -2.32. The number of sulfonamides is 1. The van der Waals surface area contributed by atoms with Gasteiger partial charge in [-0.2, -0.15) is 8.42 Å². The molecule has 3 aromatic rings. The normalized spacial score (nSPS) is 14.1. The SMILES string of the molecule is CC(C)COc1cc(F)cc(-c2ccc(C(=O)NS(=O)(=O)c3cccc(N)n3)c(OC3CCCC3)n2)c1. The molecule has 0 unspecified atom stereocenters. The first kappa shape index (κ1) is 26.3. The van der Waals surface area contributed by atoms with Gasteiger partial charge in [0.1, 0.15) is 29.1 Å². The van der Waals surface area contributed by atoms with E-state index in [1.165, 1.54) is 42.5 Å². The largest absolute Gasteiger partial charge is 0.493 e. The van der Waals surface area contributed by atoms with Crippen LogP contribution in [0.3, 0.4) is 0 Å². The zero-order valence-electron chi connectivity index (χ0n) is 20.6. The molecule has 0 saturated heterocycles. The van der Waals surface area contributed by atoms with Crippen molar-refractivity contribution in [2.75, 3.05) is 12.3 Å². The quantitative estimate of drug-likeness (QED) is 0.419. The number of hydrogen-bond acceptors (Lipinski definition) is 8. The van der Waals surface area contributed by atoms with Crippen LogP contribution in [0, 0.1) is 11.7 Å². The highest BCUT2D eigenvalue weighted by atomic mass is 32.2. The van der Waals surface area contributed by atoms with E-state index in [0.717, 1.165) is 25.7 Å². The predicted octanol–water partition coefficient (Wildman–Crippen LogP) is 4.34. The highest BCUT2D eigenvalue weighted by Gasteiger charge is 2.26. The van der Waals surface area contributed by atoms with Gasteiger partial charge in [0.2, 0.25) is 5.88 Å². The number of aromatic nitrogens is 2. The van der Waals surface area contributed by atoms with Crippen molar-refractivity contribution in [1.29, 1.82) is 0 Å². The fourth-order valence-electron chi connectivity index (χ4n) is 3.89. The number of anilines is 1. The minimum absolute atomic E-state index is 0.00145. The summed E-state index contributed by atoms with van der Waals surface area (Å²) in [4.78, 5) is 21.3. The number of carbonyl (C=O) groups is 1. The minimum atomic E-state index is -4.30. The smallest absolute Gasteiger partial charge is 0.281 e. The predicted molar refractivity (Wildman–Crippen MR) is 136 cm³/mol. The van der Waals surface area contributed by atoms with Gasteiger partial charge < -0.3 is 15.2 Å². The third-order valence-corrected chi connectivity index (χ3v) is 6.92. The summed E-state index contributed by atoms with van der Waals surface area (Å²) in [5, 5.41) is -0.391. The zero-order valence-corrected chi connectivity index (χ0v) is 21.4. The molecule has 0 radical (unpaired) electrons. The van der Waals surface area contributed by atoms with Crippen LogP contribution >= 0.6 is 0 Å². The molecule has 2 heterocycles. The Bertz CT molecular complexity index is 1390. The van der Waals surface area contributed by atoms with Gasteiger partial charge in [0, 0.05) is 11.6 Å². The van der Waals surface area contributed by atoms with Crippen molar-refractivity contribution in [2.45, 2.75) is 50.7 Å². The van der Waals surface area contributed by atoms with Gasteiger partial charge in [0.15, 0.2) is 5.03 Å². The lowest BCUT2D eigenvalue weighted by molar-refractivity contribution is 0.0972. The van der Waals surface area contributed by atoms with Crippen LogP contribution in [-0.2, 0) is 10.0 Å². The lowest BCUT2D eigenvalue weighted by Gasteiger charge is -2.17. The van der Waals surface area contributed by atoms with Crippen molar-refractivity contribution in [3.05, 3.63) is 59.9 Å². The van der Waals surface area contributed by atoms with Gasteiger partial charge >= 0.3 is 0 Å². The van der Waals surface area contributed by atoms with Gasteiger partial charge in [0.05, 0.1) is 12.3 Å². The van der Waals surface area contributed by atoms with Gasteiger partial charge in [-0.25, -0.2) is 19.1 Å². The summed E-state index contributed by atoms with van der Waals surface area (Å²) < 4.78 is 53.5. The van der Waals surface area contributed by atoms with E-state index < -0.39 is 26.8 Å². The molecule has 1 aliphatic carbocycles. The van der Waals surface area contributed by atoms with Crippen LogP contribution < -0.4 is 19.9 Å². The second-order valence-electron chi connectivity index (χ2n) is 9.29. The summed E-state index contributed by atoms with van der Waals surface area (Å²) in [5.74, 6) is -0.862. The number of hydrogen-bond donors (Lipinski definition) is 2. The number of nitrogens with zero attached hydrogens (tertiary/aromatic N) is 2. The fourth-order valence-corrected chi connectivity index (χ4v) is 4.84. The van der Waals surface area contributed by atoms with Crippen molar-refractivity contribution in [2.24, 2.45) is 5.92 Å². The molecule has 11 heteroatoms. The molecule has 1 fully saturated rings. The van der Waals surface area contributed by atoms with Crippen LogP contribution in [0.1, 0.15) is 49.9 Å². The second-order valence-corrected chi connectivity index (χ2v) is 10.9. The van der Waals surface area contributed by atoms with E-state index in [4.69, 9.17) is 15.2 Å². The molecule has 9 nitrogen and oxygen atoms in total. The molecule has 1 amide bonds. The van der Waals surface area contributed by atoms with E-state index in [2.05, 4.69) is 9.97 Å². The molecule has 1 aliphatic rings. The van der Waals surface area contributed by atoms with Crippen molar-refractivity contribution >= 4 is 21.7 Å². The lowest BCUT2D eigenvalue weighted by atomic mass is 10.1. The Morgan fingerprint density at radius 1 is 1.14 bits per heavy atom. The Morgan fingerprint density at radius 3 is 2.59 bits per heavy atom. The number of nitrogens with two attached hydrogens (primary N) is 1. The first-order valence-corrected chi connectivity index (χ1v) is 13.5. The molecule has 0 aliphatic heterocycles. The fraction of sp³-hybridized carbons (Fsp3) is 0.346. The Morgan fingerprint density at radius 2 is 1.89 bits per heavy atom. The summed E-state index contributed by atoms with van der Waals surface area (Å²) in [6.45, 7) is 4.39. The van der Waals surface area contributed by atoms with E-state index in [1.54, 1.807) is 6.07 Å². The Labute approximate surface area is 215 Å². The van der Waals surface area contributed by atoms with E-state index in [1.807, 2.05) is 18.6 Å². The standard InChI is InChI=1S/C26H29FN4O5S/c1-16(2)15-35-20-13-17(12-18(27)14-20)22-11-10-21(26(29-22)36-19-6-3-4-7-19)25(32)31-37(33,34)24-9-5-8-23(28)30-24/h5,8-14,16,19H,3-4,6-7,15H2,1-2H3,(H2,28,30)(H,31,32). The number of halogens is 1. The van der Waals surface area contributed by atoms with Gasteiger partial charge in [-0.05, 0) is 68.0 Å². The first-order chi connectivity index (χ1) is 17.6. The van der Waals surface area contributed by atoms with E-state index in [0.29, 0.717) is 23.6 Å². The zero-order chi connectivity index (χ0) is 26.6. The molecular weight excluding hydrogens is 499 g/mol. The van der Waals surface area contributed by atoms with Crippen molar-refractivity contribution in [3.63, 3.8) is 0 Å². The van der Waals surface area contributed by atoms with E-state index >= 15 is 0 Å². The number of amides is 1. The topological polar surface area (TPSA) is 134 Å². The van der Waals surface area contributed by atoms with Crippen LogP contribution in [0.5, 0.6) is 11.6 Å². The molecule has 3 N–H and O–H groups in total. The Hall–Kier alpha value is -3.73. The highest BCUT2D eigenvalue weighted by Crippen LogP contribution is 2.30. The Balaban J connectivity index is 1.67. The van der Waals surface area contributed by atoms with Crippen LogP contribution in [0.25, 0.3) is 11.3 Å². The Kier molecular flexibility index (Phi) is 7.91. The van der Waals surface area contributed by atoms with Gasteiger partial charge in [-0.1, -0.05) is 19.9 Å². The molecule has 37 heavy (non-hydrogen) atoms. The van der Waals surface area contributed by atoms with Crippen molar-refractivity contribution < 1.29 is 27.1 Å². The average molecular weight is 529 g/mol. The van der Waals surface area contributed by atoms with E-state index in [9.17, 15) is 17.6 Å². The summed E-state index contributed by atoms with van der Waals surface area (Å²) in [6.07, 6.45) is 3.35. The third kappa shape index (κ3) is 6.73. The van der Waals surface area contributed by atoms with E-state index in [-0.39, 0.29) is 29.3 Å². The van der Waals surface area contributed by atoms with Crippen LogP contribution in [0.2, 0.25) is 0 Å². The molecule has 2 aromatic heterocycles. The van der Waals surface area contributed by atoms with Crippen molar-refractivity contribution in [1.82, 2.24) is 14.7 Å². The summed E-state index contributed by atoms with van der Waals surface area (Å²) in [7, 11) is -4.30. The summed E-state index contributed by atoms with van der Waals surface area (Å²) in [5.41, 5.74) is 6.29. The molecule has 1 saturated carbocycles.